The van der Waals surface area contributed by atoms with Crippen LogP contribution >= 0.6 is 0 Å². The van der Waals surface area contributed by atoms with E-state index in [1.807, 2.05) is 0 Å². The number of unbranched alkanes of at least 4 members (excludes halogenated alkanes) is 48. The molecule has 4 heteroatoms. The lowest BCUT2D eigenvalue weighted by Crippen LogP contribution is -2.81. The van der Waals surface area contributed by atoms with Gasteiger partial charge in [0, 0.05) is 32.1 Å². The summed E-state index contributed by atoms with van der Waals surface area (Å²) < 4.78 is 0.823. The van der Waals surface area contributed by atoms with Gasteiger partial charge in [-0.05, 0) is 51.4 Å². The van der Waals surface area contributed by atoms with Crippen LogP contribution in [-0.2, 0) is 4.79 Å². The van der Waals surface area contributed by atoms with Gasteiger partial charge in [0.2, 0.25) is 0 Å². The monoisotopic (exact) mass is 1170 g/mol. The Kier molecular flexibility index (Phi) is 56.2. The molecule has 0 fully saturated rings. The molecule has 0 amide bonds. The number of hydrogen-bond donors (Lipinski definition) is 2. The molecule has 0 aliphatic heterocycles. The molecule has 2 N–H and O–H groups in total. The SMILES string of the molecule is CCCCCCCCCC(CCCCCCCCC)(C(=O)O)C(O)(CCCCCCCCC)C(CCCCCCCCC)(CCCCCCCCC)[N+](C)(C)C(CCCCCCCCC)(CCCCCCCCC)CCCCCCCCC. The molecule has 0 aromatic carbocycles. The number of carbonyl (C=O) groups is 1. The molecule has 0 heterocycles. The van der Waals surface area contributed by atoms with Crippen LogP contribution in [0.25, 0.3) is 0 Å². The number of rotatable bonds is 69. The van der Waals surface area contributed by atoms with Gasteiger partial charge in [0.05, 0.1) is 19.6 Å². The molecular formula is C79H160NO3+. The van der Waals surface area contributed by atoms with Crippen molar-refractivity contribution in [2.24, 2.45) is 5.41 Å². The lowest BCUT2D eigenvalue weighted by molar-refractivity contribution is -1.000. The fourth-order valence-electron chi connectivity index (χ4n) is 16.2. The number of hydrogen-bond acceptors (Lipinski definition) is 2. The van der Waals surface area contributed by atoms with Crippen molar-refractivity contribution in [1.29, 1.82) is 0 Å². The Bertz CT molecular complexity index is 1260. The van der Waals surface area contributed by atoms with Crippen molar-refractivity contribution in [2.75, 3.05) is 14.1 Å². The molecule has 0 aromatic rings. The summed E-state index contributed by atoms with van der Waals surface area (Å²) in [6.45, 7) is 18.7. The predicted molar refractivity (Wildman–Crippen MR) is 373 cm³/mol. The number of carboxylic acids is 1. The molecule has 0 radical (unpaired) electrons. The summed E-state index contributed by atoms with van der Waals surface area (Å²) in [7, 11) is 5.41. The van der Waals surface area contributed by atoms with Gasteiger partial charge in [0.1, 0.15) is 16.6 Å². The van der Waals surface area contributed by atoms with Crippen LogP contribution in [0.2, 0.25) is 0 Å². The average molecular weight is 1170 g/mol. The molecule has 1 unspecified atom stereocenters. The van der Waals surface area contributed by atoms with E-state index in [0.717, 1.165) is 68.7 Å². The van der Waals surface area contributed by atoms with Crippen LogP contribution in [-0.4, -0.2) is 51.4 Å². The fourth-order valence-corrected chi connectivity index (χ4v) is 16.2. The first-order valence-corrected chi connectivity index (χ1v) is 39.2. The van der Waals surface area contributed by atoms with E-state index in [2.05, 4.69) is 69.5 Å². The van der Waals surface area contributed by atoms with E-state index in [0.29, 0.717) is 19.3 Å². The highest BCUT2D eigenvalue weighted by molar-refractivity contribution is 5.77. The van der Waals surface area contributed by atoms with Crippen molar-refractivity contribution in [1.82, 2.24) is 0 Å². The van der Waals surface area contributed by atoms with Gasteiger partial charge in [-0.15, -0.1) is 0 Å². The van der Waals surface area contributed by atoms with Crippen LogP contribution in [0.15, 0.2) is 0 Å². The topological polar surface area (TPSA) is 57.5 Å². The van der Waals surface area contributed by atoms with E-state index in [-0.39, 0.29) is 5.54 Å². The zero-order valence-electron chi connectivity index (χ0n) is 59.5. The number of nitrogens with zero attached hydrogens (tertiary/aromatic N) is 1. The van der Waals surface area contributed by atoms with Crippen LogP contribution in [0.3, 0.4) is 0 Å². The van der Waals surface area contributed by atoms with Crippen LogP contribution in [0.5, 0.6) is 0 Å². The zero-order valence-corrected chi connectivity index (χ0v) is 59.5. The summed E-state index contributed by atoms with van der Waals surface area (Å²) in [6.07, 6.45) is 77.7. The van der Waals surface area contributed by atoms with Crippen LogP contribution in [0, 0.1) is 5.41 Å². The Morgan fingerprint density at radius 1 is 0.253 bits per heavy atom. The molecular weight excluding hydrogens is 1010 g/mol. The quantitative estimate of drug-likeness (QED) is 0.0471. The number of likely N-dealkylation sites (N-methyl/N-ethyl adjacent to an activating group) is 1. The standard InChI is InChI=1S/C79H159NO3/c1-11-19-27-35-43-51-59-67-76(68-60-52-44-36-28-20-12-2,69-61-53-45-37-29-21-13-3)80(9,10)78(72-64-56-48-40-32-24-16-6,73-65-57-49-41-33-25-17-7)79(83,74-66-58-50-42-34-26-18-8)77(75(81)82,70-62-54-46-38-30-22-14-4)71-63-55-47-39-31-23-15-5/h83H,11-74H2,1-10H3/p+1. The third-order valence-corrected chi connectivity index (χ3v) is 21.9. The molecule has 0 aromatic heterocycles. The highest BCUT2D eigenvalue weighted by Gasteiger charge is 2.72. The van der Waals surface area contributed by atoms with Crippen molar-refractivity contribution in [3.05, 3.63) is 0 Å². The van der Waals surface area contributed by atoms with Crippen molar-refractivity contribution < 1.29 is 19.5 Å². The van der Waals surface area contributed by atoms with Crippen molar-refractivity contribution in [3.63, 3.8) is 0 Å². The van der Waals surface area contributed by atoms with Crippen LogP contribution < -0.4 is 0 Å². The molecule has 4 nitrogen and oxygen atoms in total. The molecule has 83 heavy (non-hydrogen) atoms. The van der Waals surface area contributed by atoms with E-state index in [1.54, 1.807) is 0 Å². The second-order valence-electron chi connectivity index (χ2n) is 28.9. The van der Waals surface area contributed by atoms with E-state index in [4.69, 9.17) is 0 Å². The van der Waals surface area contributed by atoms with E-state index in [9.17, 15) is 5.11 Å². The summed E-state index contributed by atoms with van der Waals surface area (Å²) in [6, 6.07) is 0. The Morgan fingerprint density at radius 2 is 0.422 bits per heavy atom. The third-order valence-electron chi connectivity index (χ3n) is 21.9. The second kappa shape index (κ2) is 56.6. The molecule has 0 spiro atoms. The lowest BCUT2D eigenvalue weighted by atomic mass is 9.52. The second-order valence-corrected chi connectivity index (χ2v) is 28.9. The maximum absolute atomic E-state index is 15.8. The van der Waals surface area contributed by atoms with Gasteiger partial charge in [0.25, 0.3) is 0 Å². The number of aliphatic hydroxyl groups is 1. The van der Waals surface area contributed by atoms with Crippen LogP contribution in [0.4, 0.5) is 0 Å². The first-order valence-electron chi connectivity index (χ1n) is 39.2. The third kappa shape index (κ3) is 34.8. The van der Waals surface area contributed by atoms with Crippen LogP contribution in [0.1, 0.15) is 466 Å². The molecule has 0 rings (SSSR count). The number of aliphatic carboxylic acids is 1. The van der Waals surface area contributed by atoms with Gasteiger partial charge < -0.3 is 14.7 Å². The summed E-state index contributed by atoms with van der Waals surface area (Å²) in [4.78, 5) is 15.7. The van der Waals surface area contributed by atoms with E-state index < -0.39 is 22.5 Å². The van der Waals surface area contributed by atoms with Crippen molar-refractivity contribution in [2.45, 2.75) is 483 Å². The summed E-state index contributed by atoms with van der Waals surface area (Å²) in [5, 5.41) is 28.7. The minimum atomic E-state index is -1.35. The predicted octanol–water partition coefficient (Wildman–Crippen LogP) is 27.5. The van der Waals surface area contributed by atoms with Crippen molar-refractivity contribution >= 4 is 5.97 Å². The summed E-state index contributed by atoms with van der Waals surface area (Å²) >= 11 is 0. The molecule has 0 saturated carbocycles. The van der Waals surface area contributed by atoms with Gasteiger partial charge >= 0.3 is 5.97 Å². The lowest BCUT2D eigenvalue weighted by Gasteiger charge is -2.67. The molecule has 1 atom stereocenters. The Balaban J connectivity index is 9.02. The summed E-state index contributed by atoms with van der Waals surface area (Å²) in [5.41, 5.74) is -3.16. The zero-order chi connectivity index (χ0) is 61.3. The Morgan fingerprint density at radius 3 is 0.627 bits per heavy atom. The highest BCUT2D eigenvalue weighted by Crippen LogP contribution is 2.60. The van der Waals surface area contributed by atoms with Gasteiger partial charge in [-0.25, -0.2) is 0 Å². The first kappa shape index (κ1) is 82.4. The number of quaternary nitrogens is 1. The minimum Gasteiger partial charge on any atom is -0.481 e. The average Bonchev–Trinajstić information content (AvgIpc) is 0.915. The smallest absolute Gasteiger partial charge is 0.312 e. The molecule has 0 bridgehead atoms. The van der Waals surface area contributed by atoms with E-state index >= 15 is 9.90 Å². The Labute approximate surface area is 525 Å². The number of carboxylic acid groups (broad SMARTS) is 1. The first-order chi connectivity index (χ1) is 40.4. The summed E-state index contributed by atoms with van der Waals surface area (Å²) in [5.74, 6) is -0.639. The Hall–Kier alpha value is -0.610. The minimum absolute atomic E-state index is 0.0323. The molecule has 0 aliphatic carbocycles. The van der Waals surface area contributed by atoms with Gasteiger partial charge in [-0.2, -0.15) is 0 Å². The molecule has 0 saturated heterocycles. The largest absolute Gasteiger partial charge is 0.481 e. The van der Waals surface area contributed by atoms with Gasteiger partial charge in [-0.1, -0.05) is 383 Å². The van der Waals surface area contributed by atoms with Gasteiger partial charge in [-0.3, -0.25) is 4.79 Å². The molecule has 498 valence electrons. The fraction of sp³-hybridized carbons (Fsp3) is 0.987. The maximum atomic E-state index is 15.8. The molecule has 0 aliphatic rings. The van der Waals surface area contributed by atoms with Gasteiger partial charge in [0.15, 0.2) is 0 Å². The normalized spacial score (nSPS) is 13.4. The maximum Gasteiger partial charge on any atom is 0.312 e. The highest BCUT2D eigenvalue weighted by atomic mass is 16.4. The van der Waals surface area contributed by atoms with Crippen molar-refractivity contribution in [3.8, 4) is 0 Å². The van der Waals surface area contributed by atoms with E-state index in [1.165, 1.54) is 327 Å².